The Balaban J connectivity index is 3.36. The van der Waals surface area contributed by atoms with Gasteiger partial charge in [0.05, 0.1) is 23.2 Å². The van der Waals surface area contributed by atoms with Gasteiger partial charge < -0.3 is 9.84 Å². The molecule has 1 aromatic rings. The number of nitro groups is 1. The second-order valence-corrected chi connectivity index (χ2v) is 3.70. The Morgan fingerprint density at radius 2 is 2.07 bits per heavy atom. The Morgan fingerprint density at radius 1 is 1.47 bits per heavy atom. The number of benzene rings is 1. The average Bonchev–Trinajstić information content (AvgIpc) is 2.15. The van der Waals surface area contributed by atoms with E-state index in [9.17, 15) is 15.2 Å². The van der Waals surface area contributed by atoms with Crippen LogP contribution in [0.15, 0.2) is 18.2 Å². The van der Waals surface area contributed by atoms with E-state index in [2.05, 4.69) is 0 Å². The van der Waals surface area contributed by atoms with Crippen molar-refractivity contribution in [3.05, 3.63) is 33.9 Å². The highest BCUT2D eigenvalue weighted by Crippen LogP contribution is 2.32. The van der Waals surface area contributed by atoms with Crippen LogP contribution >= 0.6 is 0 Å². The summed E-state index contributed by atoms with van der Waals surface area (Å²) in [5.41, 5.74) is -1.13. The lowest BCUT2D eigenvalue weighted by Crippen LogP contribution is -2.17. The van der Waals surface area contributed by atoms with Gasteiger partial charge in [-0.2, -0.15) is 0 Å². The smallest absolute Gasteiger partial charge is 0.275 e. The summed E-state index contributed by atoms with van der Waals surface area (Å²) >= 11 is 0. The van der Waals surface area contributed by atoms with E-state index in [1.165, 1.54) is 39.2 Å². The molecule has 15 heavy (non-hydrogen) atoms. The Hall–Kier alpha value is -1.62. The van der Waals surface area contributed by atoms with E-state index in [-0.39, 0.29) is 11.3 Å². The molecule has 0 saturated carbocycles. The van der Waals surface area contributed by atoms with Gasteiger partial charge >= 0.3 is 0 Å². The molecule has 0 spiro atoms. The lowest BCUT2D eigenvalue weighted by atomic mass is 9.96. The Labute approximate surface area is 87.5 Å². The molecule has 0 unspecified atom stereocenters. The number of ether oxygens (including phenoxy) is 1. The van der Waals surface area contributed by atoms with Crippen molar-refractivity contribution in [2.75, 3.05) is 7.11 Å². The summed E-state index contributed by atoms with van der Waals surface area (Å²) in [7, 11) is 1.47. The molecule has 1 N–H and O–H groups in total. The Bertz CT molecular complexity index is 381. The molecule has 1 rings (SSSR count). The minimum absolute atomic E-state index is 0.108. The van der Waals surface area contributed by atoms with Crippen LogP contribution in [-0.4, -0.2) is 17.1 Å². The highest BCUT2D eigenvalue weighted by molar-refractivity contribution is 5.47. The maximum atomic E-state index is 10.7. The summed E-state index contributed by atoms with van der Waals surface area (Å²) in [6.45, 7) is 2.99. The molecule has 0 aliphatic heterocycles. The van der Waals surface area contributed by atoms with Crippen LogP contribution in [-0.2, 0) is 5.60 Å². The first kappa shape index (κ1) is 11.5. The number of nitrogens with zero attached hydrogens (tertiary/aromatic N) is 1. The van der Waals surface area contributed by atoms with E-state index in [1.807, 2.05) is 0 Å². The molecule has 0 bridgehead atoms. The van der Waals surface area contributed by atoms with Gasteiger partial charge in [0.1, 0.15) is 5.75 Å². The van der Waals surface area contributed by atoms with Crippen molar-refractivity contribution < 1.29 is 14.8 Å². The standard InChI is InChI=1S/C10H13NO4/c1-10(2,12)8-6-7(15-3)4-5-9(8)11(13)14/h4-6,12H,1-3H3. The highest BCUT2D eigenvalue weighted by atomic mass is 16.6. The number of aliphatic hydroxyl groups is 1. The van der Waals surface area contributed by atoms with Crippen LogP contribution in [0.2, 0.25) is 0 Å². The quantitative estimate of drug-likeness (QED) is 0.611. The van der Waals surface area contributed by atoms with E-state index in [0.717, 1.165) is 0 Å². The van der Waals surface area contributed by atoms with Gasteiger partial charge in [0.25, 0.3) is 5.69 Å². The third kappa shape index (κ3) is 2.44. The monoisotopic (exact) mass is 211 g/mol. The molecular weight excluding hydrogens is 198 g/mol. The van der Waals surface area contributed by atoms with Crippen LogP contribution < -0.4 is 4.74 Å². The predicted molar refractivity (Wildman–Crippen MR) is 54.9 cm³/mol. The van der Waals surface area contributed by atoms with Crippen molar-refractivity contribution in [3.63, 3.8) is 0 Å². The number of rotatable bonds is 3. The largest absolute Gasteiger partial charge is 0.497 e. The van der Waals surface area contributed by atoms with Crippen LogP contribution in [0, 0.1) is 10.1 Å². The molecule has 0 saturated heterocycles. The Morgan fingerprint density at radius 3 is 2.47 bits per heavy atom. The SMILES string of the molecule is COc1ccc([N+](=O)[O-])c(C(C)(C)O)c1. The van der Waals surface area contributed by atoms with Crippen LogP contribution in [0.25, 0.3) is 0 Å². The van der Waals surface area contributed by atoms with E-state index < -0.39 is 10.5 Å². The van der Waals surface area contributed by atoms with Crippen LogP contribution in [0.1, 0.15) is 19.4 Å². The first-order valence-corrected chi connectivity index (χ1v) is 4.41. The van der Waals surface area contributed by atoms with Gasteiger partial charge in [0.15, 0.2) is 0 Å². The van der Waals surface area contributed by atoms with Gasteiger partial charge in [0.2, 0.25) is 0 Å². The first-order valence-electron chi connectivity index (χ1n) is 4.41. The molecule has 0 fully saturated rings. The Kier molecular flexibility index (Phi) is 2.95. The van der Waals surface area contributed by atoms with E-state index >= 15 is 0 Å². The van der Waals surface area contributed by atoms with Crippen molar-refractivity contribution in [1.82, 2.24) is 0 Å². The zero-order chi connectivity index (χ0) is 11.6. The third-order valence-electron chi connectivity index (χ3n) is 2.06. The van der Waals surface area contributed by atoms with Gasteiger partial charge in [-0.15, -0.1) is 0 Å². The average molecular weight is 211 g/mol. The van der Waals surface area contributed by atoms with Gasteiger partial charge in [-0.05, 0) is 26.0 Å². The summed E-state index contributed by atoms with van der Waals surface area (Å²) in [4.78, 5) is 10.2. The lowest BCUT2D eigenvalue weighted by molar-refractivity contribution is -0.386. The molecule has 0 radical (unpaired) electrons. The van der Waals surface area contributed by atoms with Gasteiger partial charge in [0, 0.05) is 6.07 Å². The molecule has 0 aliphatic carbocycles. The molecule has 1 aromatic carbocycles. The lowest BCUT2D eigenvalue weighted by Gasteiger charge is -2.18. The van der Waals surface area contributed by atoms with Crippen molar-refractivity contribution >= 4 is 5.69 Å². The van der Waals surface area contributed by atoms with Gasteiger partial charge in [-0.1, -0.05) is 0 Å². The van der Waals surface area contributed by atoms with Gasteiger partial charge in [-0.3, -0.25) is 10.1 Å². The molecular formula is C10H13NO4. The minimum Gasteiger partial charge on any atom is -0.497 e. The second kappa shape index (κ2) is 3.86. The molecule has 5 heteroatoms. The maximum absolute atomic E-state index is 10.7. The zero-order valence-corrected chi connectivity index (χ0v) is 8.85. The summed E-state index contributed by atoms with van der Waals surface area (Å²) in [5.74, 6) is 0.484. The van der Waals surface area contributed by atoms with Gasteiger partial charge in [-0.25, -0.2) is 0 Å². The molecule has 5 nitrogen and oxygen atoms in total. The molecule has 0 aromatic heterocycles. The topological polar surface area (TPSA) is 72.6 Å². The van der Waals surface area contributed by atoms with E-state index in [4.69, 9.17) is 4.74 Å². The third-order valence-corrected chi connectivity index (χ3v) is 2.06. The summed E-state index contributed by atoms with van der Waals surface area (Å²) in [6, 6.07) is 4.29. The fourth-order valence-corrected chi connectivity index (χ4v) is 1.29. The van der Waals surface area contributed by atoms with Crippen molar-refractivity contribution in [2.45, 2.75) is 19.4 Å². The predicted octanol–water partition coefficient (Wildman–Crippen LogP) is 1.83. The minimum atomic E-state index is -1.27. The first-order chi connectivity index (χ1) is 6.86. The maximum Gasteiger partial charge on any atom is 0.275 e. The van der Waals surface area contributed by atoms with Crippen molar-refractivity contribution in [3.8, 4) is 5.75 Å². The van der Waals surface area contributed by atoms with Crippen molar-refractivity contribution in [2.24, 2.45) is 0 Å². The molecule has 0 amide bonds. The van der Waals surface area contributed by atoms with Crippen LogP contribution in [0.4, 0.5) is 5.69 Å². The summed E-state index contributed by atoms with van der Waals surface area (Å²) < 4.78 is 4.95. The van der Waals surface area contributed by atoms with Crippen LogP contribution in [0.5, 0.6) is 5.75 Å². The molecule has 0 atom stereocenters. The number of hydrogen-bond donors (Lipinski definition) is 1. The number of hydrogen-bond acceptors (Lipinski definition) is 4. The second-order valence-electron chi connectivity index (χ2n) is 3.70. The summed E-state index contributed by atoms with van der Waals surface area (Å²) in [5, 5.41) is 20.5. The zero-order valence-electron chi connectivity index (χ0n) is 8.85. The molecule has 0 aliphatic rings. The van der Waals surface area contributed by atoms with E-state index in [1.54, 1.807) is 0 Å². The molecule has 0 heterocycles. The normalized spacial score (nSPS) is 11.2. The van der Waals surface area contributed by atoms with E-state index in [0.29, 0.717) is 5.75 Å². The molecule has 82 valence electrons. The number of methoxy groups -OCH3 is 1. The fraction of sp³-hybridized carbons (Fsp3) is 0.400. The fourth-order valence-electron chi connectivity index (χ4n) is 1.29. The number of nitro benzene ring substituents is 1. The highest BCUT2D eigenvalue weighted by Gasteiger charge is 2.26. The summed E-state index contributed by atoms with van der Waals surface area (Å²) in [6.07, 6.45) is 0. The van der Waals surface area contributed by atoms with Crippen molar-refractivity contribution in [1.29, 1.82) is 0 Å². The van der Waals surface area contributed by atoms with Crippen LogP contribution in [0.3, 0.4) is 0 Å².